The minimum atomic E-state index is -0.428. The zero-order valence-electron chi connectivity index (χ0n) is 15.5. The standard InChI is InChI=1S/C22H21FN2O3/c1-13-20(17(12-28-13)16-8-4-5-9-18(16)23)21(26)14-10-19(24-11-14)22(27)25-15-6-2-3-7-15/h4-5,8-12,15,24H,2-3,6-7H2,1H3,(H,25,27). The molecule has 1 aromatic carbocycles. The Hall–Kier alpha value is -3.15. The third-order valence-electron chi connectivity index (χ3n) is 5.25. The van der Waals surface area contributed by atoms with Gasteiger partial charge in [0.15, 0.2) is 5.78 Å². The normalized spacial score (nSPS) is 14.4. The number of carbonyl (C=O) groups excluding carboxylic acids is 2. The van der Waals surface area contributed by atoms with E-state index in [9.17, 15) is 14.0 Å². The highest BCUT2D eigenvalue weighted by molar-refractivity contribution is 6.14. The molecule has 2 N–H and O–H groups in total. The Morgan fingerprint density at radius 3 is 2.68 bits per heavy atom. The highest BCUT2D eigenvalue weighted by Gasteiger charge is 2.25. The summed E-state index contributed by atoms with van der Waals surface area (Å²) in [6, 6.07) is 7.97. The molecule has 1 aliphatic rings. The van der Waals surface area contributed by atoms with Gasteiger partial charge in [0.05, 0.1) is 11.8 Å². The summed E-state index contributed by atoms with van der Waals surface area (Å²) in [5.41, 5.74) is 1.67. The molecule has 0 saturated heterocycles. The van der Waals surface area contributed by atoms with Crippen molar-refractivity contribution < 1.29 is 18.4 Å². The molecule has 28 heavy (non-hydrogen) atoms. The number of ketones is 1. The molecule has 0 spiro atoms. The lowest BCUT2D eigenvalue weighted by Gasteiger charge is -2.10. The zero-order valence-corrected chi connectivity index (χ0v) is 15.5. The third kappa shape index (κ3) is 3.38. The van der Waals surface area contributed by atoms with Crippen molar-refractivity contribution in [1.82, 2.24) is 10.3 Å². The fraction of sp³-hybridized carbons (Fsp3) is 0.273. The van der Waals surface area contributed by atoms with Gasteiger partial charge in [-0.3, -0.25) is 9.59 Å². The summed E-state index contributed by atoms with van der Waals surface area (Å²) >= 11 is 0. The lowest BCUT2D eigenvalue weighted by atomic mass is 9.97. The van der Waals surface area contributed by atoms with Crippen LogP contribution in [0.5, 0.6) is 0 Å². The quantitative estimate of drug-likeness (QED) is 0.634. The molecule has 0 aliphatic heterocycles. The summed E-state index contributed by atoms with van der Waals surface area (Å²) in [6.45, 7) is 1.66. The van der Waals surface area contributed by atoms with E-state index in [2.05, 4.69) is 10.3 Å². The number of carbonyl (C=O) groups is 2. The van der Waals surface area contributed by atoms with Gasteiger partial charge in [-0.1, -0.05) is 31.0 Å². The number of benzene rings is 1. The van der Waals surface area contributed by atoms with Crippen LogP contribution in [-0.2, 0) is 0 Å². The summed E-state index contributed by atoms with van der Waals surface area (Å²) in [5, 5.41) is 2.99. The van der Waals surface area contributed by atoms with Gasteiger partial charge in [0, 0.05) is 28.9 Å². The molecule has 2 heterocycles. The van der Waals surface area contributed by atoms with E-state index in [1.165, 1.54) is 24.6 Å². The lowest BCUT2D eigenvalue weighted by molar-refractivity contribution is 0.0933. The van der Waals surface area contributed by atoms with Crippen LogP contribution in [0.4, 0.5) is 4.39 Å². The SMILES string of the molecule is Cc1occ(-c2ccccc2F)c1C(=O)c1c[nH]c(C(=O)NC2CCCC2)c1. The summed E-state index contributed by atoms with van der Waals surface area (Å²) in [5.74, 6) is -0.561. The molecular formula is C22H21FN2O3. The molecule has 0 radical (unpaired) electrons. The Morgan fingerprint density at radius 2 is 1.93 bits per heavy atom. The number of aromatic amines is 1. The van der Waals surface area contributed by atoms with Gasteiger partial charge in [-0.15, -0.1) is 0 Å². The Morgan fingerprint density at radius 1 is 1.18 bits per heavy atom. The van der Waals surface area contributed by atoms with E-state index in [0.29, 0.717) is 33.7 Å². The number of furan rings is 1. The van der Waals surface area contributed by atoms with Crippen LogP contribution in [0.2, 0.25) is 0 Å². The molecule has 1 fully saturated rings. The van der Waals surface area contributed by atoms with Crippen molar-refractivity contribution in [1.29, 1.82) is 0 Å². The fourth-order valence-corrected chi connectivity index (χ4v) is 3.75. The average molecular weight is 380 g/mol. The number of hydrogen-bond donors (Lipinski definition) is 2. The molecule has 1 saturated carbocycles. The third-order valence-corrected chi connectivity index (χ3v) is 5.25. The van der Waals surface area contributed by atoms with E-state index < -0.39 is 5.82 Å². The lowest BCUT2D eigenvalue weighted by Crippen LogP contribution is -2.32. The minimum absolute atomic E-state index is 0.193. The van der Waals surface area contributed by atoms with Gasteiger partial charge < -0.3 is 14.7 Å². The number of amides is 1. The van der Waals surface area contributed by atoms with Crippen LogP contribution in [0, 0.1) is 12.7 Å². The number of rotatable bonds is 5. The van der Waals surface area contributed by atoms with Crippen LogP contribution in [0.3, 0.4) is 0 Å². The maximum atomic E-state index is 14.2. The first-order valence-corrected chi connectivity index (χ1v) is 9.41. The van der Waals surface area contributed by atoms with Crippen LogP contribution in [-0.4, -0.2) is 22.7 Å². The molecule has 2 aromatic heterocycles. The van der Waals surface area contributed by atoms with Crippen molar-refractivity contribution in [3.05, 3.63) is 71.2 Å². The van der Waals surface area contributed by atoms with Gasteiger partial charge in [0.2, 0.25) is 0 Å². The summed E-state index contributed by atoms with van der Waals surface area (Å²) in [7, 11) is 0. The molecule has 5 nitrogen and oxygen atoms in total. The van der Waals surface area contributed by atoms with E-state index >= 15 is 0 Å². The van der Waals surface area contributed by atoms with Gasteiger partial charge in [-0.05, 0) is 31.9 Å². The van der Waals surface area contributed by atoms with Crippen molar-refractivity contribution in [3.8, 4) is 11.1 Å². The van der Waals surface area contributed by atoms with Crippen LogP contribution >= 0.6 is 0 Å². The average Bonchev–Trinajstić information content (AvgIpc) is 3.42. The minimum Gasteiger partial charge on any atom is -0.468 e. The van der Waals surface area contributed by atoms with Crippen molar-refractivity contribution in [2.24, 2.45) is 0 Å². The molecular weight excluding hydrogens is 359 g/mol. The smallest absolute Gasteiger partial charge is 0.267 e. The second-order valence-electron chi connectivity index (χ2n) is 7.15. The maximum Gasteiger partial charge on any atom is 0.267 e. The molecule has 0 bridgehead atoms. The Kier molecular flexibility index (Phi) is 4.86. The van der Waals surface area contributed by atoms with Crippen molar-refractivity contribution in [2.45, 2.75) is 38.6 Å². The number of H-pyrrole nitrogens is 1. The summed E-state index contributed by atoms with van der Waals surface area (Å²) in [4.78, 5) is 28.4. The first-order valence-electron chi connectivity index (χ1n) is 9.41. The van der Waals surface area contributed by atoms with E-state index in [1.807, 2.05) is 0 Å². The molecule has 3 aromatic rings. The van der Waals surface area contributed by atoms with Crippen LogP contribution in [0.25, 0.3) is 11.1 Å². The molecule has 4 rings (SSSR count). The number of halogens is 1. The highest BCUT2D eigenvalue weighted by Crippen LogP contribution is 2.31. The molecule has 144 valence electrons. The predicted molar refractivity (Wildman–Crippen MR) is 103 cm³/mol. The number of aromatic nitrogens is 1. The Balaban J connectivity index is 1.61. The second kappa shape index (κ2) is 7.46. The zero-order chi connectivity index (χ0) is 19.7. The monoisotopic (exact) mass is 380 g/mol. The van der Waals surface area contributed by atoms with Crippen LogP contribution in [0.1, 0.15) is 57.9 Å². The largest absolute Gasteiger partial charge is 0.468 e. The van der Waals surface area contributed by atoms with Gasteiger partial charge >= 0.3 is 0 Å². The second-order valence-corrected chi connectivity index (χ2v) is 7.15. The van der Waals surface area contributed by atoms with Crippen molar-refractivity contribution in [2.75, 3.05) is 0 Å². The van der Waals surface area contributed by atoms with Crippen LogP contribution in [0.15, 0.2) is 47.2 Å². The Labute approximate surface area is 162 Å². The van der Waals surface area contributed by atoms with Gasteiger partial charge in [0.1, 0.15) is 17.3 Å². The van der Waals surface area contributed by atoms with E-state index in [4.69, 9.17) is 4.42 Å². The topological polar surface area (TPSA) is 75.1 Å². The highest BCUT2D eigenvalue weighted by atomic mass is 19.1. The summed E-state index contributed by atoms with van der Waals surface area (Å²) < 4.78 is 19.6. The van der Waals surface area contributed by atoms with Gasteiger partial charge in [0.25, 0.3) is 5.91 Å². The van der Waals surface area contributed by atoms with Gasteiger partial charge in [-0.25, -0.2) is 4.39 Å². The van der Waals surface area contributed by atoms with Gasteiger partial charge in [-0.2, -0.15) is 0 Å². The first kappa shape index (κ1) is 18.2. The molecule has 6 heteroatoms. The van der Waals surface area contributed by atoms with E-state index in [-0.39, 0.29) is 17.7 Å². The number of hydrogen-bond acceptors (Lipinski definition) is 3. The molecule has 0 unspecified atom stereocenters. The first-order chi connectivity index (χ1) is 13.5. The molecule has 1 amide bonds. The maximum absolute atomic E-state index is 14.2. The Bertz CT molecular complexity index is 1030. The number of nitrogens with one attached hydrogen (secondary N) is 2. The molecule has 0 atom stereocenters. The fourth-order valence-electron chi connectivity index (χ4n) is 3.75. The van der Waals surface area contributed by atoms with E-state index in [0.717, 1.165) is 25.7 Å². The van der Waals surface area contributed by atoms with Crippen LogP contribution < -0.4 is 5.32 Å². The van der Waals surface area contributed by atoms with Crippen molar-refractivity contribution >= 4 is 11.7 Å². The molecule has 1 aliphatic carbocycles. The van der Waals surface area contributed by atoms with Crippen molar-refractivity contribution in [3.63, 3.8) is 0 Å². The number of aryl methyl sites for hydroxylation is 1. The summed E-state index contributed by atoms with van der Waals surface area (Å²) in [6.07, 6.45) is 7.11. The van der Waals surface area contributed by atoms with E-state index in [1.54, 1.807) is 25.1 Å². The predicted octanol–water partition coefficient (Wildman–Crippen LogP) is 4.63.